The molecule has 4 heteroatoms. The molecule has 0 bridgehead atoms. The molecule has 0 aliphatic carbocycles. The number of hydrogen-bond donors (Lipinski definition) is 1. The lowest BCUT2D eigenvalue weighted by molar-refractivity contribution is 0.0702. The fourth-order valence-corrected chi connectivity index (χ4v) is 2.70. The largest absolute Gasteiger partial charge is 0.477 e. The molecular weight excluding hydrogens is 248 g/mol. The fraction of sp³-hybridized carbons (Fsp3) is 0.0714. The third-order valence-electron chi connectivity index (χ3n) is 2.80. The van der Waals surface area contributed by atoms with Crippen LogP contribution in [0.3, 0.4) is 0 Å². The van der Waals surface area contributed by atoms with Gasteiger partial charge in [0.05, 0.1) is 0 Å². The van der Waals surface area contributed by atoms with E-state index in [1.807, 2.05) is 31.2 Å². The highest BCUT2D eigenvalue weighted by atomic mass is 32.1. The molecule has 1 aromatic carbocycles. The van der Waals surface area contributed by atoms with E-state index in [4.69, 9.17) is 9.52 Å². The smallest absolute Gasteiger partial charge is 0.346 e. The first-order valence-electron chi connectivity index (χ1n) is 5.46. The minimum Gasteiger partial charge on any atom is -0.477 e. The molecule has 0 unspecified atom stereocenters. The van der Waals surface area contributed by atoms with Crippen molar-refractivity contribution in [1.82, 2.24) is 0 Å². The van der Waals surface area contributed by atoms with Crippen LogP contribution in [0.4, 0.5) is 0 Å². The third-order valence-corrected chi connectivity index (χ3v) is 3.70. The average Bonchev–Trinajstić information content (AvgIpc) is 2.93. The van der Waals surface area contributed by atoms with Crippen LogP contribution in [0, 0.1) is 6.92 Å². The maximum Gasteiger partial charge on any atom is 0.346 e. The lowest BCUT2D eigenvalue weighted by Gasteiger charge is -1.94. The van der Waals surface area contributed by atoms with Crippen molar-refractivity contribution in [3.63, 3.8) is 0 Å². The molecule has 0 radical (unpaired) electrons. The Labute approximate surface area is 107 Å². The zero-order valence-electron chi connectivity index (χ0n) is 9.64. The molecule has 3 nitrogen and oxygen atoms in total. The molecular formula is C14H10O3S. The van der Waals surface area contributed by atoms with Gasteiger partial charge < -0.3 is 9.52 Å². The molecule has 3 rings (SSSR count). The molecule has 0 saturated heterocycles. The molecule has 0 amide bonds. The number of fused-ring (bicyclic) bond motifs is 1. The number of aromatic carboxylic acids is 1. The highest BCUT2D eigenvalue weighted by Gasteiger charge is 2.16. The van der Waals surface area contributed by atoms with Gasteiger partial charge in [-0.3, -0.25) is 0 Å². The molecule has 2 heterocycles. The van der Waals surface area contributed by atoms with Gasteiger partial charge in [-0.05, 0) is 36.6 Å². The molecule has 0 spiro atoms. The SMILES string of the molecule is Cc1ccc2oc(-c3ccsc3C(=O)O)cc2c1. The fourth-order valence-electron chi connectivity index (χ4n) is 1.96. The van der Waals surface area contributed by atoms with Crippen molar-refractivity contribution in [2.45, 2.75) is 6.92 Å². The van der Waals surface area contributed by atoms with Crippen molar-refractivity contribution >= 4 is 28.3 Å². The van der Waals surface area contributed by atoms with Crippen molar-refractivity contribution < 1.29 is 14.3 Å². The van der Waals surface area contributed by atoms with Crippen LogP contribution < -0.4 is 0 Å². The first-order chi connectivity index (χ1) is 8.65. The van der Waals surface area contributed by atoms with E-state index in [9.17, 15) is 4.79 Å². The molecule has 0 saturated carbocycles. The Kier molecular flexibility index (Phi) is 2.45. The van der Waals surface area contributed by atoms with E-state index in [-0.39, 0.29) is 0 Å². The van der Waals surface area contributed by atoms with Gasteiger partial charge in [-0.25, -0.2) is 4.79 Å². The van der Waals surface area contributed by atoms with Crippen molar-refractivity contribution in [2.75, 3.05) is 0 Å². The Morgan fingerprint density at radius 3 is 2.89 bits per heavy atom. The van der Waals surface area contributed by atoms with E-state index in [2.05, 4.69) is 0 Å². The van der Waals surface area contributed by atoms with Gasteiger partial charge in [-0.2, -0.15) is 0 Å². The Morgan fingerprint density at radius 1 is 1.28 bits per heavy atom. The van der Waals surface area contributed by atoms with Crippen LogP contribution in [-0.2, 0) is 0 Å². The van der Waals surface area contributed by atoms with Crippen LogP contribution in [0.15, 0.2) is 40.1 Å². The van der Waals surface area contributed by atoms with Gasteiger partial charge in [-0.1, -0.05) is 11.6 Å². The second-order valence-electron chi connectivity index (χ2n) is 4.12. The molecule has 3 aromatic rings. The van der Waals surface area contributed by atoms with Crippen molar-refractivity contribution in [2.24, 2.45) is 0 Å². The van der Waals surface area contributed by atoms with E-state index in [1.54, 1.807) is 11.4 Å². The normalized spacial score (nSPS) is 10.9. The van der Waals surface area contributed by atoms with Crippen LogP contribution in [0.5, 0.6) is 0 Å². The summed E-state index contributed by atoms with van der Waals surface area (Å²) < 4.78 is 5.70. The second kappa shape index (κ2) is 3.99. The Morgan fingerprint density at radius 2 is 2.11 bits per heavy atom. The lowest BCUT2D eigenvalue weighted by Crippen LogP contribution is -1.93. The predicted molar refractivity (Wildman–Crippen MR) is 71.2 cm³/mol. The highest BCUT2D eigenvalue weighted by Crippen LogP contribution is 2.33. The predicted octanol–water partition coefficient (Wildman–Crippen LogP) is 4.17. The Hall–Kier alpha value is -2.07. The van der Waals surface area contributed by atoms with Crippen molar-refractivity contribution in [3.05, 3.63) is 46.2 Å². The Balaban J connectivity index is 2.19. The summed E-state index contributed by atoms with van der Waals surface area (Å²) in [6.45, 7) is 2.01. The van der Waals surface area contributed by atoms with Gasteiger partial charge >= 0.3 is 5.97 Å². The molecule has 0 atom stereocenters. The van der Waals surface area contributed by atoms with E-state index < -0.39 is 5.97 Å². The monoisotopic (exact) mass is 258 g/mol. The number of carboxylic acids is 1. The van der Waals surface area contributed by atoms with Gasteiger partial charge in [0.15, 0.2) is 0 Å². The zero-order valence-corrected chi connectivity index (χ0v) is 10.5. The number of thiophene rings is 1. The summed E-state index contributed by atoms with van der Waals surface area (Å²) in [5.41, 5.74) is 2.57. The molecule has 0 fully saturated rings. The Bertz CT molecular complexity index is 736. The van der Waals surface area contributed by atoms with Crippen LogP contribution in [0.1, 0.15) is 15.2 Å². The van der Waals surface area contributed by atoms with Crippen LogP contribution in [0.25, 0.3) is 22.3 Å². The van der Waals surface area contributed by atoms with Crippen molar-refractivity contribution in [1.29, 1.82) is 0 Å². The minimum absolute atomic E-state index is 0.311. The summed E-state index contributed by atoms with van der Waals surface area (Å²) >= 11 is 1.21. The van der Waals surface area contributed by atoms with Gasteiger partial charge in [0.1, 0.15) is 16.2 Å². The number of benzene rings is 1. The standard InChI is InChI=1S/C14H10O3S/c1-8-2-3-11-9(6-8)7-12(17-11)10-4-5-18-13(10)14(15)16/h2-7H,1H3,(H,15,16). The summed E-state index contributed by atoms with van der Waals surface area (Å²) in [5.74, 6) is -0.314. The average molecular weight is 258 g/mol. The van der Waals surface area contributed by atoms with Gasteiger partial charge in [-0.15, -0.1) is 11.3 Å². The van der Waals surface area contributed by atoms with E-state index in [0.717, 1.165) is 16.5 Å². The van der Waals surface area contributed by atoms with E-state index in [1.165, 1.54) is 11.3 Å². The van der Waals surface area contributed by atoms with Crippen LogP contribution in [0.2, 0.25) is 0 Å². The first kappa shape index (κ1) is 11.0. The lowest BCUT2D eigenvalue weighted by atomic mass is 10.1. The molecule has 90 valence electrons. The number of rotatable bonds is 2. The van der Waals surface area contributed by atoms with E-state index in [0.29, 0.717) is 16.2 Å². The second-order valence-corrected chi connectivity index (χ2v) is 5.04. The van der Waals surface area contributed by atoms with Crippen LogP contribution in [-0.4, -0.2) is 11.1 Å². The summed E-state index contributed by atoms with van der Waals surface area (Å²) in [6.07, 6.45) is 0. The van der Waals surface area contributed by atoms with Gasteiger partial charge in [0.2, 0.25) is 0 Å². The molecule has 18 heavy (non-hydrogen) atoms. The molecule has 1 N–H and O–H groups in total. The maximum absolute atomic E-state index is 11.1. The highest BCUT2D eigenvalue weighted by molar-refractivity contribution is 7.12. The molecule has 0 aliphatic rings. The first-order valence-corrected chi connectivity index (χ1v) is 6.34. The topological polar surface area (TPSA) is 50.4 Å². The van der Waals surface area contributed by atoms with Crippen LogP contribution >= 0.6 is 11.3 Å². The minimum atomic E-state index is -0.920. The number of carboxylic acid groups (broad SMARTS) is 1. The molecule has 0 aliphatic heterocycles. The van der Waals surface area contributed by atoms with Gasteiger partial charge in [0.25, 0.3) is 0 Å². The summed E-state index contributed by atoms with van der Waals surface area (Å²) in [7, 11) is 0. The van der Waals surface area contributed by atoms with E-state index >= 15 is 0 Å². The summed E-state index contributed by atoms with van der Waals surface area (Å²) in [5, 5.41) is 11.9. The zero-order chi connectivity index (χ0) is 12.7. The quantitative estimate of drug-likeness (QED) is 0.750. The summed E-state index contributed by atoms with van der Waals surface area (Å²) in [4.78, 5) is 11.4. The third kappa shape index (κ3) is 1.71. The number of hydrogen-bond acceptors (Lipinski definition) is 3. The number of carbonyl (C=O) groups is 1. The summed E-state index contributed by atoms with van der Waals surface area (Å²) in [6, 6.07) is 9.56. The number of furan rings is 1. The van der Waals surface area contributed by atoms with Crippen molar-refractivity contribution in [3.8, 4) is 11.3 Å². The molecule has 2 aromatic heterocycles. The van der Waals surface area contributed by atoms with Gasteiger partial charge in [0, 0.05) is 10.9 Å². The maximum atomic E-state index is 11.1. The number of aryl methyl sites for hydroxylation is 1.